The van der Waals surface area contributed by atoms with Crippen LogP contribution < -0.4 is 9.47 Å². The summed E-state index contributed by atoms with van der Waals surface area (Å²) in [5.74, 6) is 1.27. The molecule has 0 saturated carbocycles. The van der Waals surface area contributed by atoms with Gasteiger partial charge in [-0.3, -0.25) is 9.59 Å². The van der Waals surface area contributed by atoms with Crippen LogP contribution in [0.1, 0.15) is 63.3 Å². The highest BCUT2D eigenvalue weighted by molar-refractivity contribution is 6.01. The van der Waals surface area contributed by atoms with E-state index in [9.17, 15) is 9.59 Å². The number of rotatable bonds is 8. The van der Waals surface area contributed by atoms with E-state index in [1.54, 1.807) is 9.80 Å². The quantitative estimate of drug-likeness (QED) is 0.493. The molecule has 7 nitrogen and oxygen atoms in total. The van der Waals surface area contributed by atoms with Crippen LogP contribution in [0, 0.1) is 0 Å². The van der Waals surface area contributed by atoms with E-state index >= 15 is 0 Å². The van der Waals surface area contributed by atoms with Gasteiger partial charge in [-0.05, 0) is 56.0 Å². The molecule has 2 aromatic carbocycles. The van der Waals surface area contributed by atoms with Crippen molar-refractivity contribution in [3.05, 3.63) is 59.3 Å². The number of carbonyl (C=O) groups excluding carboxylic acids is 2. The summed E-state index contributed by atoms with van der Waals surface area (Å²) in [5.41, 5.74) is 2.82. The van der Waals surface area contributed by atoms with Crippen molar-refractivity contribution in [3.63, 3.8) is 0 Å². The average Bonchev–Trinajstić information content (AvgIpc) is 3.28. The van der Waals surface area contributed by atoms with Crippen LogP contribution in [0.5, 0.6) is 11.5 Å². The molecule has 2 atom stereocenters. The number of piperazine rings is 1. The lowest BCUT2D eigenvalue weighted by Gasteiger charge is -2.51. The van der Waals surface area contributed by atoms with Crippen molar-refractivity contribution in [2.45, 2.75) is 52.0 Å². The minimum atomic E-state index is -1.07. The second-order valence-electron chi connectivity index (χ2n) is 9.80. The monoisotopic (exact) mass is 489 g/mol. The molecule has 0 spiro atoms. The first-order valence-corrected chi connectivity index (χ1v) is 13.0. The van der Waals surface area contributed by atoms with Crippen LogP contribution >= 0.6 is 0 Å². The fourth-order valence-corrected chi connectivity index (χ4v) is 5.77. The summed E-state index contributed by atoms with van der Waals surface area (Å²) in [5, 5.41) is 1.08. The zero-order chi connectivity index (χ0) is 25.4. The first kappa shape index (κ1) is 24.2. The van der Waals surface area contributed by atoms with E-state index < -0.39 is 5.54 Å². The van der Waals surface area contributed by atoms with Crippen molar-refractivity contribution in [3.8, 4) is 11.5 Å². The molecule has 3 aromatic rings. The van der Waals surface area contributed by atoms with Crippen molar-refractivity contribution in [2.24, 2.45) is 0 Å². The van der Waals surface area contributed by atoms with E-state index in [1.165, 1.54) is 0 Å². The maximum Gasteiger partial charge on any atom is 0.254 e. The van der Waals surface area contributed by atoms with Crippen molar-refractivity contribution in [2.75, 3.05) is 32.8 Å². The fraction of sp³-hybridized carbons (Fsp3) is 0.448. The largest absolute Gasteiger partial charge is 0.490 e. The van der Waals surface area contributed by atoms with Crippen LogP contribution in [0.15, 0.2) is 42.5 Å². The Balaban J connectivity index is 1.68. The molecule has 36 heavy (non-hydrogen) atoms. The number of aromatic nitrogens is 1. The summed E-state index contributed by atoms with van der Waals surface area (Å²) in [6.45, 7) is 10.2. The highest BCUT2D eigenvalue weighted by Crippen LogP contribution is 2.49. The second-order valence-corrected chi connectivity index (χ2v) is 9.80. The van der Waals surface area contributed by atoms with Gasteiger partial charge in [0.05, 0.1) is 25.5 Å². The molecule has 0 bridgehead atoms. The third kappa shape index (κ3) is 3.72. The van der Waals surface area contributed by atoms with Gasteiger partial charge in [-0.2, -0.15) is 0 Å². The standard InChI is InChI=1S/C29H35N3O4/c1-5-14-31-18-25(33)32-17-21(19-12-13-23(36-15-6-2)24(16-19)35-7-3)26-20-10-8-9-11-22(20)30-27(26)29(32,4)28(31)34/h8-13,16,21,30H,5-7,14-15,17-18H2,1-4H3/t21-,29-/m0/s1. The molecular formula is C29H35N3O4. The number of fused-ring (bicyclic) bond motifs is 5. The first-order valence-electron chi connectivity index (χ1n) is 13.0. The number of para-hydroxylation sites is 1. The maximum atomic E-state index is 13.9. The molecule has 1 aromatic heterocycles. The molecule has 0 radical (unpaired) electrons. The predicted octanol–water partition coefficient (Wildman–Crippen LogP) is 4.80. The molecule has 2 amide bonds. The third-order valence-corrected chi connectivity index (χ3v) is 7.44. The van der Waals surface area contributed by atoms with E-state index in [2.05, 4.69) is 24.0 Å². The van der Waals surface area contributed by atoms with Gasteiger partial charge in [-0.1, -0.05) is 38.1 Å². The molecule has 3 heterocycles. The maximum absolute atomic E-state index is 13.9. The Morgan fingerprint density at radius 3 is 2.58 bits per heavy atom. The van der Waals surface area contributed by atoms with Crippen molar-refractivity contribution >= 4 is 22.7 Å². The van der Waals surface area contributed by atoms with Gasteiger partial charge < -0.3 is 24.3 Å². The molecule has 1 fully saturated rings. The highest BCUT2D eigenvalue weighted by atomic mass is 16.5. The lowest BCUT2D eigenvalue weighted by Crippen LogP contribution is -2.67. The Hall–Kier alpha value is -3.48. The molecule has 5 rings (SSSR count). The van der Waals surface area contributed by atoms with Crippen molar-refractivity contribution < 1.29 is 19.1 Å². The summed E-state index contributed by atoms with van der Waals surface area (Å²) >= 11 is 0. The number of amides is 2. The smallest absolute Gasteiger partial charge is 0.254 e. The first-order chi connectivity index (χ1) is 17.4. The Morgan fingerprint density at radius 2 is 1.83 bits per heavy atom. The van der Waals surface area contributed by atoms with Gasteiger partial charge >= 0.3 is 0 Å². The molecular weight excluding hydrogens is 454 g/mol. The third-order valence-electron chi connectivity index (χ3n) is 7.44. The van der Waals surface area contributed by atoms with Gasteiger partial charge in [0.25, 0.3) is 5.91 Å². The second kappa shape index (κ2) is 9.52. The number of hydrogen-bond acceptors (Lipinski definition) is 4. The number of H-pyrrole nitrogens is 1. The highest BCUT2D eigenvalue weighted by Gasteiger charge is 2.56. The van der Waals surface area contributed by atoms with E-state index in [4.69, 9.17) is 9.47 Å². The van der Waals surface area contributed by atoms with E-state index in [-0.39, 0.29) is 24.3 Å². The molecule has 0 aliphatic carbocycles. The lowest BCUT2D eigenvalue weighted by molar-refractivity contribution is -0.166. The van der Waals surface area contributed by atoms with Gasteiger partial charge in [-0.15, -0.1) is 0 Å². The number of nitrogens with one attached hydrogen (secondary N) is 1. The van der Waals surface area contributed by atoms with E-state index in [0.717, 1.165) is 46.3 Å². The van der Waals surface area contributed by atoms with Crippen LogP contribution in [0.4, 0.5) is 0 Å². The van der Waals surface area contributed by atoms with Gasteiger partial charge in [0.2, 0.25) is 5.91 Å². The fourth-order valence-electron chi connectivity index (χ4n) is 5.77. The molecule has 0 unspecified atom stereocenters. The molecule has 190 valence electrons. The number of hydrogen-bond donors (Lipinski definition) is 1. The normalized spacial score (nSPS) is 21.5. The number of aromatic amines is 1. The molecule has 1 N–H and O–H groups in total. The van der Waals surface area contributed by atoms with E-state index in [0.29, 0.717) is 32.1 Å². The van der Waals surface area contributed by atoms with E-state index in [1.807, 2.05) is 51.1 Å². The zero-order valence-electron chi connectivity index (χ0n) is 21.6. The van der Waals surface area contributed by atoms with Crippen LogP contribution in [0.25, 0.3) is 10.9 Å². The summed E-state index contributed by atoms with van der Waals surface area (Å²) < 4.78 is 11.9. The minimum absolute atomic E-state index is 0.0199. The SMILES string of the molecule is CCCOc1ccc([C@@H]2CN3C(=O)CN(CCC)C(=O)[C@]3(C)c3[nH]c4ccccc4c32)cc1OCC. The number of benzene rings is 2. The summed E-state index contributed by atoms with van der Waals surface area (Å²) in [6, 6.07) is 14.2. The summed E-state index contributed by atoms with van der Waals surface area (Å²) in [4.78, 5) is 34.4. The predicted molar refractivity (Wildman–Crippen MR) is 139 cm³/mol. The van der Waals surface area contributed by atoms with Gasteiger partial charge in [0.1, 0.15) is 0 Å². The Labute approximate surface area is 212 Å². The van der Waals surface area contributed by atoms with Crippen LogP contribution in [0.2, 0.25) is 0 Å². The van der Waals surface area contributed by atoms with Crippen molar-refractivity contribution in [1.29, 1.82) is 0 Å². The van der Waals surface area contributed by atoms with Gasteiger partial charge in [-0.25, -0.2) is 0 Å². The molecule has 2 aliphatic heterocycles. The van der Waals surface area contributed by atoms with Crippen molar-refractivity contribution in [1.82, 2.24) is 14.8 Å². The molecule has 2 aliphatic rings. The topological polar surface area (TPSA) is 74.9 Å². The number of nitrogens with zero attached hydrogens (tertiary/aromatic N) is 2. The van der Waals surface area contributed by atoms with Gasteiger partial charge in [0.15, 0.2) is 17.0 Å². The summed E-state index contributed by atoms with van der Waals surface area (Å²) in [7, 11) is 0. The van der Waals surface area contributed by atoms with Gasteiger partial charge in [0, 0.05) is 29.9 Å². The Kier molecular flexibility index (Phi) is 6.41. The van der Waals surface area contributed by atoms with Crippen LogP contribution in [-0.4, -0.2) is 59.4 Å². The number of carbonyl (C=O) groups is 2. The zero-order valence-corrected chi connectivity index (χ0v) is 21.6. The minimum Gasteiger partial charge on any atom is -0.490 e. The summed E-state index contributed by atoms with van der Waals surface area (Å²) in [6.07, 6.45) is 1.72. The average molecular weight is 490 g/mol. The Bertz CT molecular complexity index is 1300. The molecule has 7 heteroatoms. The van der Waals surface area contributed by atoms with Crippen LogP contribution in [0.3, 0.4) is 0 Å². The molecule has 1 saturated heterocycles. The lowest BCUT2D eigenvalue weighted by atomic mass is 9.76. The van der Waals surface area contributed by atoms with Crippen LogP contribution in [-0.2, 0) is 15.1 Å². The Morgan fingerprint density at radius 1 is 1.03 bits per heavy atom. The number of ether oxygens (including phenoxy) is 2.